The Balaban J connectivity index is 2.09. The molecule has 0 amide bonds. The molecule has 124 valence electrons. The highest BCUT2D eigenvalue weighted by atomic mass is 32.2. The van der Waals surface area contributed by atoms with E-state index in [1.165, 1.54) is 18.2 Å². The maximum absolute atomic E-state index is 13.5. The smallest absolute Gasteiger partial charge is 0.193 e. The van der Waals surface area contributed by atoms with E-state index < -0.39 is 21.8 Å². The Hall–Kier alpha value is -2.43. The Kier molecular flexibility index (Phi) is 4.03. The molecule has 0 saturated heterocycles. The van der Waals surface area contributed by atoms with Crippen molar-refractivity contribution in [1.82, 2.24) is 0 Å². The van der Waals surface area contributed by atoms with E-state index in [-0.39, 0.29) is 16.3 Å². The van der Waals surface area contributed by atoms with E-state index in [0.717, 1.165) is 18.4 Å². The summed E-state index contributed by atoms with van der Waals surface area (Å²) in [4.78, 5) is 3.25. The molecular formula is C17H14FNO4S. The lowest BCUT2D eigenvalue weighted by Gasteiger charge is -2.15. The van der Waals surface area contributed by atoms with Gasteiger partial charge in [-0.3, -0.25) is 0 Å². The first-order chi connectivity index (χ1) is 11.3. The summed E-state index contributed by atoms with van der Waals surface area (Å²) in [5.74, 6) is -0.0879. The summed E-state index contributed by atoms with van der Waals surface area (Å²) in [6.07, 6.45) is 1.07. The van der Waals surface area contributed by atoms with Crippen LogP contribution in [0.15, 0.2) is 35.2 Å². The topological polar surface area (TPSA) is 68.0 Å². The number of rotatable bonds is 3. The van der Waals surface area contributed by atoms with E-state index in [0.29, 0.717) is 29.7 Å². The molecule has 1 aliphatic carbocycles. The Morgan fingerprint density at radius 1 is 1.33 bits per heavy atom. The normalized spacial score (nSPS) is 16.5. The van der Waals surface area contributed by atoms with E-state index >= 15 is 0 Å². The van der Waals surface area contributed by atoms with Crippen molar-refractivity contribution in [2.24, 2.45) is 0 Å². The molecule has 2 aromatic carbocycles. The number of sulfone groups is 1. The predicted molar refractivity (Wildman–Crippen MR) is 85.6 cm³/mol. The van der Waals surface area contributed by atoms with Gasteiger partial charge in [-0.2, -0.15) is 0 Å². The number of hydrogen-bond acceptors (Lipinski definition) is 4. The zero-order valence-corrected chi connectivity index (χ0v) is 13.6. The van der Waals surface area contributed by atoms with Crippen LogP contribution in [0.3, 0.4) is 0 Å². The molecule has 0 aromatic heterocycles. The fraction of sp³-hybridized carbons (Fsp3) is 0.235. The standard InChI is InChI=1S/C17H14FNO4S/c1-19-11-7-10(18)8-12(9-11)23-15-5-6-16(24(2,21)22)17-13(15)3-4-14(17)20/h5-9,14,20H,3-4H2,2H3/t14-/m1/s1. The van der Waals surface area contributed by atoms with Gasteiger partial charge in [-0.05, 0) is 37.1 Å². The first-order valence-corrected chi connectivity index (χ1v) is 9.08. The number of hydrogen-bond donors (Lipinski definition) is 1. The number of fused-ring (bicyclic) bond motifs is 1. The van der Waals surface area contributed by atoms with Gasteiger partial charge in [-0.15, -0.1) is 0 Å². The quantitative estimate of drug-likeness (QED) is 0.862. The van der Waals surface area contributed by atoms with Crippen LogP contribution in [-0.4, -0.2) is 19.8 Å². The zero-order chi connectivity index (χ0) is 17.5. The van der Waals surface area contributed by atoms with Crippen molar-refractivity contribution in [2.45, 2.75) is 23.8 Å². The Morgan fingerprint density at radius 3 is 2.75 bits per heavy atom. The lowest BCUT2D eigenvalue weighted by atomic mass is 10.1. The van der Waals surface area contributed by atoms with Crippen LogP contribution < -0.4 is 4.74 Å². The van der Waals surface area contributed by atoms with Crippen LogP contribution in [0.1, 0.15) is 23.7 Å². The molecular weight excluding hydrogens is 333 g/mol. The molecule has 0 radical (unpaired) electrons. The van der Waals surface area contributed by atoms with Crippen molar-refractivity contribution in [2.75, 3.05) is 6.26 Å². The number of aliphatic hydroxyl groups is 1. The fourth-order valence-electron chi connectivity index (χ4n) is 2.89. The molecule has 0 fully saturated rings. The van der Waals surface area contributed by atoms with Gasteiger partial charge in [0.1, 0.15) is 17.3 Å². The maximum Gasteiger partial charge on any atom is 0.193 e. The minimum absolute atomic E-state index is 0.0796. The monoisotopic (exact) mass is 347 g/mol. The predicted octanol–water partition coefficient (Wildman–Crippen LogP) is 3.55. The van der Waals surface area contributed by atoms with Gasteiger partial charge in [0.05, 0.1) is 17.6 Å². The maximum atomic E-state index is 13.5. The van der Waals surface area contributed by atoms with E-state index in [4.69, 9.17) is 11.3 Å². The molecule has 0 aliphatic heterocycles. The second-order valence-corrected chi connectivity index (χ2v) is 7.62. The number of benzene rings is 2. The Labute approximate surface area is 139 Å². The van der Waals surface area contributed by atoms with Crippen molar-refractivity contribution in [3.8, 4) is 11.5 Å². The number of nitrogens with zero attached hydrogens (tertiary/aromatic N) is 1. The SMILES string of the molecule is [C-]#[N+]c1cc(F)cc(Oc2ccc(S(C)(=O)=O)c3c2CC[C@H]3O)c1. The lowest BCUT2D eigenvalue weighted by molar-refractivity contribution is 0.177. The van der Waals surface area contributed by atoms with E-state index in [2.05, 4.69) is 4.85 Å². The van der Waals surface area contributed by atoms with Crippen molar-refractivity contribution in [1.29, 1.82) is 0 Å². The van der Waals surface area contributed by atoms with Gasteiger partial charge >= 0.3 is 0 Å². The highest BCUT2D eigenvalue weighted by Crippen LogP contribution is 2.42. The largest absolute Gasteiger partial charge is 0.458 e. The van der Waals surface area contributed by atoms with Crippen LogP contribution in [0.2, 0.25) is 0 Å². The van der Waals surface area contributed by atoms with Crippen LogP contribution in [-0.2, 0) is 16.3 Å². The zero-order valence-electron chi connectivity index (χ0n) is 12.8. The molecule has 1 N–H and O–H groups in total. The van der Waals surface area contributed by atoms with E-state index in [1.807, 2.05) is 0 Å². The van der Waals surface area contributed by atoms with Gasteiger partial charge in [0.25, 0.3) is 0 Å². The Morgan fingerprint density at radius 2 is 2.08 bits per heavy atom. The molecule has 0 bridgehead atoms. The lowest BCUT2D eigenvalue weighted by Crippen LogP contribution is -2.05. The summed E-state index contributed by atoms with van der Waals surface area (Å²) in [5.41, 5.74) is 1.05. The summed E-state index contributed by atoms with van der Waals surface area (Å²) in [7, 11) is -3.48. The third-order valence-electron chi connectivity index (χ3n) is 3.89. The first-order valence-electron chi connectivity index (χ1n) is 7.19. The summed E-state index contributed by atoms with van der Waals surface area (Å²) < 4.78 is 43.0. The summed E-state index contributed by atoms with van der Waals surface area (Å²) in [6, 6.07) is 6.53. The minimum Gasteiger partial charge on any atom is -0.458 e. The van der Waals surface area contributed by atoms with Crippen molar-refractivity contribution < 1.29 is 22.7 Å². The van der Waals surface area contributed by atoms with Gasteiger partial charge < -0.3 is 9.84 Å². The van der Waals surface area contributed by atoms with Crippen LogP contribution in [0.5, 0.6) is 11.5 Å². The molecule has 24 heavy (non-hydrogen) atoms. The third-order valence-corrected chi connectivity index (χ3v) is 5.04. The van der Waals surface area contributed by atoms with Gasteiger partial charge in [0, 0.05) is 23.4 Å². The molecule has 1 aliphatic rings. The second-order valence-electron chi connectivity index (χ2n) is 5.64. The summed E-state index contributed by atoms with van der Waals surface area (Å²) >= 11 is 0. The highest BCUT2D eigenvalue weighted by molar-refractivity contribution is 7.90. The average Bonchev–Trinajstić information content (AvgIpc) is 2.88. The van der Waals surface area contributed by atoms with Crippen molar-refractivity contribution >= 4 is 15.5 Å². The van der Waals surface area contributed by atoms with Crippen LogP contribution in [0.25, 0.3) is 4.85 Å². The average molecular weight is 347 g/mol. The first kappa shape index (κ1) is 16.4. The molecule has 5 nitrogen and oxygen atoms in total. The molecule has 3 rings (SSSR count). The summed E-state index contributed by atoms with van der Waals surface area (Å²) in [5, 5.41) is 10.1. The molecule has 0 heterocycles. The third kappa shape index (κ3) is 2.98. The van der Waals surface area contributed by atoms with E-state index in [9.17, 15) is 17.9 Å². The van der Waals surface area contributed by atoms with Gasteiger partial charge in [0.2, 0.25) is 0 Å². The Bertz CT molecular complexity index is 963. The minimum atomic E-state index is -3.48. The van der Waals surface area contributed by atoms with Gasteiger partial charge in [0.15, 0.2) is 15.5 Å². The molecule has 1 atom stereocenters. The van der Waals surface area contributed by atoms with Crippen LogP contribution >= 0.6 is 0 Å². The molecule has 0 spiro atoms. The number of aliphatic hydroxyl groups excluding tert-OH is 1. The van der Waals surface area contributed by atoms with Gasteiger partial charge in [-0.1, -0.05) is 0 Å². The summed E-state index contributed by atoms with van der Waals surface area (Å²) in [6.45, 7) is 6.97. The fourth-order valence-corrected chi connectivity index (χ4v) is 3.86. The molecule has 0 saturated carbocycles. The van der Waals surface area contributed by atoms with E-state index in [1.54, 1.807) is 0 Å². The second kappa shape index (κ2) is 5.89. The number of halogens is 1. The van der Waals surface area contributed by atoms with Crippen molar-refractivity contribution in [3.05, 3.63) is 58.7 Å². The number of ether oxygens (including phenoxy) is 1. The van der Waals surface area contributed by atoms with Crippen molar-refractivity contribution in [3.63, 3.8) is 0 Å². The molecule has 2 aromatic rings. The molecule has 7 heteroatoms. The molecule has 0 unspecified atom stereocenters. The van der Waals surface area contributed by atoms with Gasteiger partial charge in [-0.25, -0.2) is 17.7 Å². The highest BCUT2D eigenvalue weighted by Gasteiger charge is 2.30. The van der Waals surface area contributed by atoms with Crippen LogP contribution in [0.4, 0.5) is 10.1 Å². The van der Waals surface area contributed by atoms with Crippen LogP contribution in [0, 0.1) is 12.4 Å².